The quantitative estimate of drug-likeness (QED) is 0.417. The van der Waals surface area contributed by atoms with Crippen LogP contribution in [0.2, 0.25) is 0 Å². The number of nitro groups is 1. The van der Waals surface area contributed by atoms with Gasteiger partial charge < -0.3 is 15.8 Å². The molecule has 0 aliphatic carbocycles. The Kier molecular flexibility index (Phi) is 6.03. The number of carbonyl (C=O) groups is 1. The third kappa shape index (κ3) is 4.86. The zero-order valence-corrected chi connectivity index (χ0v) is 15.7. The van der Waals surface area contributed by atoms with Crippen molar-refractivity contribution in [2.24, 2.45) is 5.73 Å². The highest BCUT2D eigenvalue weighted by Gasteiger charge is 2.22. The minimum Gasteiger partial charge on any atom is -0.494 e. The van der Waals surface area contributed by atoms with E-state index in [1.807, 2.05) is 30.3 Å². The van der Waals surface area contributed by atoms with Crippen molar-refractivity contribution in [2.75, 3.05) is 12.4 Å². The van der Waals surface area contributed by atoms with Crippen molar-refractivity contribution in [3.8, 4) is 5.75 Å². The summed E-state index contributed by atoms with van der Waals surface area (Å²) in [5, 5.41) is 22.5. The molecule has 0 fully saturated rings. The average Bonchev–Trinajstić information content (AvgIpc) is 3.18. The number of nitro benzene ring substituents is 1. The SMILES string of the molecule is COc1cc(C(N)=O)cc([N+](=O)[O-])c1NCc1cn(CCc2ccccc2)nn1. The fourth-order valence-corrected chi connectivity index (χ4v) is 2.82. The minimum absolute atomic E-state index is 0.00837. The van der Waals surface area contributed by atoms with Crippen LogP contribution in [0.5, 0.6) is 5.75 Å². The van der Waals surface area contributed by atoms with E-state index < -0.39 is 10.8 Å². The molecule has 1 aromatic heterocycles. The topological polar surface area (TPSA) is 138 Å². The molecule has 0 saturated heterocycles. The lowest BCUT2D eigenvalue weighted by Crippen LogP contribution is -2.13. The number of nitrogens with one attached hydrogen (secondary N) is 1. The Morgan fingerprint density at radius 2 is 2.07 bits per heavy atom. The normalized spacial score (nSPS) is 10.5. The van der Waals surface area contributed by atoms with Crippen molar-refractivity contribution in [1.29, 1.82) is 0 Å². The Balaban J connectivity index is 1.72. The second-order valence-electron chi connectivity index (χ2n) is 6.26. The standard InChI is InChI=1S/C19H20N6O4/c1-29-17-10-14(19(20)26)9-16(25(27)28)18(17)21-11-15-12-24(23-22-15)8-7-13-5-3-2-4-6-13/h2-6,9-10,12,21H,7-8,11H2,1H3,(H2,20,26). The number of aryl methyl sites for hydroxylation is 2. The summed E-state index contributed by atoms with van der Waals surface area (Å²) in [4.78, 5) is 22.2. The maximum atomic E-state index is 11.4. The van der Waals surface area contributed by atoms with E-state index in [0.717, 1.165) is 12.5 Å². The van der Waals surface area contributed by atoms with Gasteiger partial charge in [0.2, 0.25) is 5.91 Å². The molecule has 29 heavy (non-hydrogen) atoms. The van der Waals surface area contributed by atoms with Crippen LogP contribution < -0.4 is 15.8 Å². The van der Waals surface area contributed by atoms with Crippen LogP contribution in [-0.2, 0) is 19.5 Å². The maximum Gasteiger partial charge on any atom is 0.296 e. The van der Waals surface area contributed by atoms with Gasteiger partial charge in [0.25, 0.3) is 5.69 Å². The lowest BCUT2D eigenvalue weighted by molar-refractivity contribution is -0.384. The number of benzene rings is 2. The summed E-state index contributed by atoms with van der Waals surface area (Å²) in [7, 11) is 1.36. The summed E-state index contributed by atoms with van der Waals surface area (Å²) in [6, 6.07) is 12.5. The highest BCUT2D eigenvalue weighted by Crippen LogP contribution is 2.36. The van der Waals surface area contributed by atoms with Crippen LogP contribution in [0.15, 0.2) is 48.7 Å². The van der Waals surface area contributed by atoms with Crippen molar-refractivity contribution in [3.05, 3.63) is 75.6 Å². The smallest absolute Gasteiger partial charge is 0.296 e. The molecule has 3 rings (SSSR count). The van der Waals surface area contributed by atoms with Crippen LogP contribution >= 0.6 is 0 Å². The van der Waals surface area contributed by atoms with Crippen LogP contribution in [0.1, 0.15) is 21.6 Å². The highest BCUT2D eigenvalue weighted by molar-refractivity contribution is 5.95. The Hall–Kier alpha value is -3.95. The van der Waals surface area contributed by atoms with Crippen molar-refractivity contribution in [2.45, 2.75) is 19.5 Å². The number of nitrogens with zero attached hydrogens (tertiary/aromatic N) is 4. The first-order valence-electron chi connectivity index (χ1n) is 8.81. The van der Waals surface area contributed by atoms with Gasteiger partial charge in [-0.15, -0.1) is 5.10 Å². The van der Waals surface area contributed by atoms with Gasteiger partial charge >= 0.3 is 0 Å². The van der Waals surface area contributed by atoms with Gasteiger partial charge in [-0.2, -0.15) is 0 Å². The number of aromatic nitrogens is 3. The number of ether oxygens (including phenoxy) is 1. The molecule has 0 aliphatic rings. The van der Waals surface area contributed by atoms with E-state index in [2.05, 4.69) is 15.6 Å². The predicted molar refractivity (Wildman–Crippen MR) is 106 cm³/mol. The van der Waals surface area contributed by atoms with Gasteiger partial charge in [-0.1, -0.05) is 35.5 Å². The summed E-state index contributed by atoms with van der Waals surface area (Å²) in [5.74, 6) is -0.635. The van der Waals surface area contributed by atoms with E-state index >= 15 is 0 Å². The zero-order valence-electron chi connectivity index (χ0n) is 15.7. The van der Waals surface area contributed by atoms with E-state index in [9.17, 15) is 14.9 Å². The van der Waals surface area contributed by atoms with Crippen LogP contribution in [0.4, 0.5) is 11.4 Å². The molecule has 0 saturated carbocycles. The fourth-order valence-electron chi connectivity index (χ4n) is 2.82. The third-order valence-corrected chi connectivity index (χ3v) is 4.29. The second kappa shape index (κ2) is 8.83. The van der Waals surface area contributed by atoms with Crippen LogP contribution in [-0.4, -0.2) is 32.9 Å². The number of methoxy groups -OCH3 is 1. The number of rotatable bonds is 9. The lowest BCUT2D eigenvalue weighted by atomic mass is 10.1. The molecule has 1 amide bonds. The van der Waals surface area contributed by atoms with Crippen LogP contribution in [0.3, 0.4) is 0 Å². The summed E-state index contributed by atoms with van der Waals surface area (Å²) in [6.07, 6.45) is 2.58. The Morgan fingerprint density at radius 1 is 1.31 bits per heavy atom. The molecular formula is C19H20N6O4. The van der Waals surface area contributed by atoms with Gasteiger partial charge in [0.1, 0.15) is 11.4 Å². The molecule has 150 valence electrons. The molecule has 3 N–H and O–H groups in total. The molecule has 0 atom stereocenters. The number of anilines is 1. The lowest BCUT2D eigenvalue weighted by Gasteiger charge is -2.11. The van der Waals surface area contributed by atoms with Crippen molar-refractivity contribution in [1.82, 2.24) is 15.0 Å². The molecule has 1 heterocycles. The van der Waals surface area contributed by atoms with Crippen molar-refractivity contribution < 1.29 is 14.5 Å². The van der Waals surface area contributed by atoms with Gasteiger partial charge in [0, 0.05) is 18.2 Å². The zero-order chi connectivity index (χ0) is 20.8. The van der Waals surface area contributed by atoms with Gasteiger partial charge in [-0.3, -0.25) is 19.6 Å². The van der Waals surface area contributed by atoms with Gasteiger partial charge in [-0.05, 0) is 18.1 Å². The molecule has 0 unspecified atom stereocenters. The number of nitrogens with two attached hydrogens (primary N) is 1. The third-order valence-electron chi connectivity index (χ3n) is 4.29. The summed E-state index contributed by atoms with van der Waals surface area (Å²) >= 11 is 0. The molecular weight excluding hydrogens is 376 g/mol. The largest absolute Gasteiger partial charge is 0.494 e. The van der Waals surface area contributed by atoms with Crippen molar-refractivity contribution in [3.63, 3.8) is 0 Å². The number of amides is 1. The maximum absolute atomic E-state index is 11.4. The first-order chi connectivity index (χ1) is 14.0. The molecule has 3 aromatic rings. The summed E-state index contributed by atoms with van der Waals surface area (Å²) < 4.78 is 6.91. The van der Waals surface area contributed by atoms with Crippen LogP contribution in [0.25, 0.3) is 0 Å². The Bertz CT molecular complexity index is 1020. The second-order valence-corrected chi connectivity index (χ2v) is 6.26. The molecule has 0 spiro atoms. The number of primary amides is 1. The van der Waals surface area contributed by atoms with Gasteiger partial charge in [0.05, 0.1) is 24.8 Å². The first kappa shape index (κ1) is 19.8. The average molecular weight is 396 g/mol. The van der Waals surface area contributed by atoms with Crippen molar-refractivity contribution >= 4 is 17.3 Å². The Labute approximate surface area is 166 Å². The first-order valence-corrected chi connectivity index (χ1v) is 8.81. The molecule has 10 nitrogen and oxygen atoms in total. The highest BCUT2D eigenvalue weighted by atomic mass is 16.6. The fraction of sp³-hybridized carbons (Fsp3) is 0.211. The summed E-state index contributed by atoms with van der Waals surface area (Å²) in [5.41, 5.74) is 6.85. The number of carbonyl (C=O) groups excluding carboxylic acids is 1. The van der Waals surface area contributed by atoms with Gasteiger partial charge in [-0.25, -0.2) is 0 Å². The number of hydrogen-bond acceptors (Lipinski definition) is 7. The van der Waals surface area contributed by atoms with E-state index in [-0.39, 0.29) is 29.2 Å². The predicted octanol–water partition coefficient (Wildman–Crippen LogP) is 2.15. The molecule has 0 aliphatic heterocycles. The minimum atomic E-state index is -0.778. The molecule has 10 heteroatoms. The monoisotopic (exact) mass is 396 g/mol. The van der Waals surface area contributed by atoms with E-state index in [0.29, 0.717) is 12.2 Å². The van der Waals surface area contributed by atoms with Gasteiger partial charge in [0.15, 0.2) is 5.69 Å². The van der Waals surface area contributed by atoms with E-state index in [4.69, 9.17) is 10.5 Å². The van der Waals surface area contributed by atoms with Crippen LogP contribution in [0, 0.1) is 10.1 Å². The number of hydrogen-bond donors (Lipinski definition) is 2. The van der Waals surface area contributed by atoms with E-state index in [1.165, 1.54) is 18.7 Å². The molecule has 0 radical (unpaired) electrons. The molecule has 2 aromatic carbocycles. The molecule has 0 bridgehead atoms. The Morgan fingerprint density at radius 3 is 2.72 bits per heavy atom. The summed E-state index contributed by atoms with van der Waals surface area (Å²) in [6.45, 7) is 0.853. The van der Waals surface area contributed by atoms with E-state index in [1.54, 1.807) is 10.9 Å².